The summed E-state index contributed by atoms with van der Waals surface area (Å²) in [5.41, 5.74) is 2.69. The normalized spacial score (nSPS) is 20.9. The first-order valence-corrected chi connectivity index (χ1v) is 6.65. The molecule has 8 heteroatoms. The van der Waals surface area contributed by atoms with E-state index < -0.39 is 5.97 Å². The minimum Gasteiger partial charge on any atom is -0.480 e. The first-order valence-electron chi connectivity index (χ1n) is 6.65. The van der Waals surface area contributed by atoms with Gasteiger partial charge in [-0.3, -0.25) is 19.3 Å². The van der Waals surface area contributed by atoms with Crippen LogP contribution < -0.4 is 5.43 Å². The Bertz CT molecular complexity index is 449. The molecule has 1 fully saturated rings. The Morgan fingerprint density at radius 2 is 2.00 bits per heavy atom. The monoisotopic (exact) mass is 282 g/mol. The molecule has 20 heavy (non-hydrogen) atoms. The Balaban J connectivity index is 1.91. The van der Waals surface area contributed by atoms with Gasteiger partial charge in [-0.1, -0.05) is 0 Å². The highest BCUT2D eigenvalue weighted by molar-refractivity contribution is 6.39. The summed E-state index contributed by atoms with van der Waals surface area (Å²) in [5, 5.41) is 12.6. The number of rotatable bonds is 3. The Kier molecular flexibility index (Phi) is 4.67. The molecule has 110 valence electrons. The number of hydrogen-bond acceptors (Lipinski definition) is 5. The van der Waals surface area contributed by atoms with Crippen LogP contribution in [0, 0.1) is 0 Å². The van der Waals surface area contributed by atoms with Crippen molar-refractivity contribution in [2.75, 3.05) is 32.7 Å². The first kappa shape index (κ1) is 14.4. The maximum Gasteiger partial charge on any atom is 0.317 e. The molecular weight excluding hydrogens is 264 g/mol. The topological polar surface area (TPSA) is 102 Å². The summed E-state index contributed by atoms with van der Waals surface area (Å²) in [5.74, 6) is -1.20. The fourth-order valence-electron chi connectivity index (χ4n) is 2.33. The fourth-order valence-corrected chi connectivity index (χ4v) is 2.33. The molecule has 0 bridgehead atoms. The van der Waals surface area contributed by atoms with Crippen molar-refractivity contribution in [3.63, 3.8) is 0 Å². The van der Waals surface area contributed by atoms with Gasteiger partial charge in [0.25, 0.3) is 5.91 Å². The predicted molar refractivity (Wildman–Crippen MR) is 70.1 cm³/mol. The second kappa shape index (κ2) is 6.47. The van der Waals surface area contributed by atoms with Crippen molar-refractivity contribution in [3.05, 3.63) is 0 Å². The zero-order valence-electron chi connectivity index (χ0n) is 11.2. The quantitative estimate of drug-likeness (QED) is 0.682. The fraction of sp³-hybridized carbons (Fsp3) is 0.667. The molecule has 0 unspecified atom stereocenters. The molecule has 2 heterocycles. The summed E-state index contributed by atoms with van der Waals surface area (Å²) in [6, 6.07) is 0. The molecule has 0 spiro atoms. The van der Waals surface area contributed by atoms with Gasteiger partial charge in [0.05, 0.1) is 6.54 Å². The standard InChI is InChI=1S/C12H18N4O4/c17-10-3-2-9(13-14-10)12(20)16-5-1-4-15(6-7-16)8-11(18)19/h1-8H2,(H,14,17)(H,18,19). The third kappa shape index (κ3) is 3.77. The number of hydrogen-bond donors (Lipinski definition) is 2. The number of hydrazone groups is 1. The van der Waals surface area contributed by atoms with E-state index in [4.69, 9.17) is 5.11 Å². The van der Waals surface area contributed by atoms with Crippen molar-refractivity contribution >= 4 is 23.5 Å². The van der Waals surface area contributed by atoms with E-state index in [0.29, 0.717) is 38.3 Å². The van der Waals surface area contributed by atoms with Crippen LogP contribution in [0.25, 0.3) is 0 Å². The first-order chi connectivity index (χ1) is 9.56. The number of carboxylic acid groups (broad SMARTS) is 1. The van der Waals surface area contributed by atoms with Crippen LogP contribution in [0.5, 0.6) is 0 Å². The van der Waals surface area contributed by atoms with Crippen molar-refractivity contribution in [2.24, 2.45) is 5.10 Å². The Hall–Kier alpha value is -1.96. The molecule has 2 amide bonds. The number of carboxylic acids is 1. The molecule has 0 atom stereocenters. The number of aliphatic carboxylic acids is 1. The van der Waals surface area contributed by atoms with E-state index in [-0.39, 0.29) is 24.8 Å². The minimum atomic E-state index is -0.857. The molecule has 0 aromatic carbocycles. The van der Waals surface area contributed by atoms with Crippen LogP contribution in [0.2, 0.25) is 0 Å². The number of amides is 2. The van der Waals surface area contributed by atoms with Crippen molar-refractivity contribution in [1.29, 1.82) is 0 Å². The maximum atomic E-state index is 12.3. The van der Waals surface area contributed by atoms with Gasteiger partial charge in [-0.15, -0.1) is 0 Å². The van der Waals surface area contributed by atoms with E-state index in [0.717, 1.165) is 6.42 Å². The van der Waals surface area contributed by atoms with Crippen LogP contribution in [0.4, 0.5) is 0 Å². The smallest absolute Gasteiger partial charge is 0.317 e. The molecule has 2 aliphatic rings. The molecule has 0 aromatic heterocycles. The second-order valence-corrected chi connectivity index (χ2v) is 4.91. The van der Waals surface area contributed by atoms with Crippen LogP contribution in [-0.4, -0.2) is 71.1 Å². The molecule has 1 saturated heterocycles. The van der Waals surface area contributed by atoms with Gasteiger partial charge in [-0.05, 0) is 6.42 Å². The molecule has 2 rings (SSSR count). The van der Waals surface area contributed by atoms with Crippen molar-refractivity contribution in [1.82, 2.24) is 15.2 Å². The summed E-state index contributed by atoms with van der Waals surface area (Å²) in [6.45, 7) is 2.27. The van der Waals surface area contributed by atoms with E-state index >= 15 is 0 Å². The van der Waals surface area contributed by atoms with E-state index in [9.17, 15) is 14.4 Å². The number of nitrogens with zero attached hydrogens (tertiary/aromatic N) is 3. The van der Waals surface area contributed by atoms with E-state index in [1.165, 1.54) is 0 Å². The van der Waals surface area contributed by atoms with E-state index in [1.54, 1.807) is 4.90 Å². The van der Waals surface area contributed by atoms with Crippen molar-refractivity contribution in [3.8, 4) is 0 Å². The highest BCUT2D eigenvalue weighted by atomic mass is 16.4. The van der Waals surface area contributed by atoms with Gasteiger partial charge in [0.15, 0.2) is 0 Å². The Morgan fingerprint density at radius 3 is 2.65 bits per heavy atom. The van der Waals surface area contributed by atoms with Crippen LogP contribution >= 0.6 is 0 Å². The van der Waals surface area contributed by atoms with Gasteiger partial charge >= 0.3 is 5.97 Å². The Labute approximate surface area is 116 Å². The lowest BCUT2D eigenvalue weighted by molar-refractivity contribution is -0.138. The molecule has 0 aromatic rings. The Morgan fingerprint density at radius 1 is 1.20 bits per heavy atom. The van der Waals surface area contributed by atoms with Gasteiger partial charge < -0.3 is 10.0 Å². The van der Waals surface area contributed by atoms with Crippen molar-refractivity contribution < 1.29 is 19.5 Å². The summed E-state index contributed by atoms with van der Waals surface area (Å²) in [4.78, 5) is 37.4. The van der Waals surface area contributed by atoms with Gasteiger partial charge in [-0.2, -0.15) is 5.10 Å². The number of nitrogens with one attached hydrogen (secondary N) is 1. The highest BCUT2D eigenvalue weighted by Gasteiger charge is 2.25. The molecule has 0 radical (unpaired) electrons. The average molecular weight is 282 g/mol. The van der Waals surface area contributed by atoms with Crippen LogP contribution in [-0.2, 0) is 14.4 Å². The minimum absolute atomic E-state index is 0.000958. The van der Waals surface area contributed by atoms with Gasteiger partial charge in [0, 0.05) is 39.0 Å². The van der Waals surface area contributed by atoms with Gasteiger partial charge in [0.1, 0.15) is 5.71 Å². The number of carbonyl (C=O) groups excluding carboxylic acids is 2. The van der Waals surface area contributed by atoms with Crippen molar-refractivity contribution in [2.45, 2.75) is 19.3 Å². The third-order valence-electron chi connectivity index (χ3n) is 3.39. The lowest BCUT2D eigenvalue weighted by atomic mass is 10.1. The highest BCUT2D eigenvalue weighted by Crippen LogP contribution is 2.08. The second-order valence-electron chi connectivity index (χ2n) is 4.91. The summed E-state index contributed by atoms with van der Waals surface area (Å²) < 4.78 is 0. The van der Waals surface area contributed by atoms with E-state index in [2.05, 4.69) is 10.5 Å². The lowest BCUT2D eigenvalue weighted by Gasteiger charge is -2.22. The molecule has 0 saturated carbocycles. The van der Waals surface area contributed by atoms with Gasteiger partial charge in [-0.25, -0.2) is 5.43 Å². The molecule has 2 aliphatic heterocycles. The molecule has 2 N–H and O–H groups in total. The summed E-state index contributed by atoms with van der Waals surface area (Å²) >= 11 is 0. The average Bonchev–Trinajstić information content (AvgIpc) is 2.64. The van der Waals surface area contributed by atoms with Crippen LogP contribution in [0.15, 0.2) is 5.10 Å². The van der Waals surface area contributed by atoms with Crippen LogP contribution in [0.1, 0.15) is 19.3 Å². The third-order valence-corrected chi connectivity index (χ3v) is 3.39. The number of carbonyl (C=O) groups is 3. The predicted octanol–water partition coefficient (Wildman–Crippen LogP) is -1.13. The SMILES string of the molecule is O=C(O)CN1CCCN(C(=O)C2=NNC(=O)CC2)CC1. The van der Waals surface area contributed by atoms with Gasteiger partial charge in [0.2, 0.25) is 5.91 Å². The summed E-state index contributed by atoms with van der Waals surface area (Å²) in [7, 11) is 0. The molecular formula is C12H18N4O4. The zero-order chi connectivity index (χ0) is 14.5. The largest absolute Gasteiger partial charge is 0.480 e. The maximum absolute atomic E-state index is 12.3. The molecule has 0 aliphatic carbocycles. The molecule has 8 nitrogen and oxygen atoms in total. The zero-order valence-corrected chi connectivity index (χ0v) is 11.2. The summed E-state index contributed by atoms with van der Waals surface area (Å²) in [6.07, 6.45) is 1.38. The lowest BCUT2D eigenvalue weighted by Crippen LogP contribution is -2.42. The van der Waals surface area contributed by atoms with E-state index in [1.807, 2.05) is 4.90 Å². The van der Waals surface area contributed by atoms with Crippen LogP contribution in [0.3, 0.4) is 0 Å².